The second-order valence-electron chi connectivity index (χ2n) is 8.56. The van der Waals surface area contributed by atoms with Crippen molar-refractivity contribution in [2.24, 2.45) is 0 Å². The molecule has 0 spiro atoms. The maximum Gasteiger partial charge on any atom is 0.258 e. The van der Waals surface area contributed by atoms with Gasteiger partial charge in [-0.2, -0.15) is 4.98 Å². The molecule has 1 saturated heterocycles. The zero-order valence-electron chi connectivity index (χ0n) is 18.5. The van der Waals surface area contributed by atoms with Crippen LogP contribution >= 0.6 is 0 Å². The number of amides is 2. The lowest BCUT2D eigenvalue weighted by molar-refractivity contribution is -0.123. The van der Waals surface area contributed by atoms with Crippen LogP contribution < -0.4 is 30.6 Å². The van der Waals surface area contributed by atoms with Gasteiger partial charge in [0.05, 0.1) is 11.5 Å². The highest BCUT2D eigenvalue weighted by atomic mass is 16.6. The number of benzene rings is 1. The molecule has 2 amide bonds. The van der Waals surface area contributed by atoms with E-state index in [1.165, 1.54) is 0 Å². The molecule has 174 valence electrons. The lowest BCUT2D eigenvalue weighted by Crippen LogP contribution is -2.43. The van der Waals surface area contributed by atoms with E-state index < -0.39 is 17.4 Å². The van der Waals surface area contributed by atoms with E-state index in [0.717, 1.165) is 32.2 Å². The molecular weight excluding hydrogens is 426 g/mol. The summed E-state index contributed by atoms with van der Waals surface area (Å²) in [5.41, 5.74) is 0.271. The number of carbonyl (C=O) groups is 2. The second-order valence-corrected chi connectivity index (χ2v) is 8.56. The van der Waals surface area contributed by atoms with E-state index in [-0.39, 0.29) is 29.8 Å². The number of nitrogens with zero attached hydrogens (tertiary/aromatic N) is 2. The van der Waals surface area contributed by atoms with Gasteiger partial charge < -0.3 is 25.0 Å². The first-order chi connectivity index (χ1) is 16.0. The predicted octanol–water partition coefficient (Wildman–Crippen LogP) is 2.37. The molecule has 4 heterocycles. The molecule has 3 N–H and O–H groups in total. The summed E-state index contributed by atoms with van der Waals surface area (Å²) in [7, 11) is 0. The third-order valence-corrected chi connectivity index (χ3v) is 6.44. The van der Waals surface area contributed by atoms with E-state index in [4.69, 9.17) is 9.47 Å². The van der Waals surface area contributed by atoms with Crippen molar-refractivity contribution in [1.82, 2.24) is 9.97 Å². The number of piperidine rings is 1. The van der Waals surface area contributed by atoms with Crippen LogP contribution in [0.25, 0.3) is 0 Å². The molecule has 3 aliphatic rings. The molecule has 1 fully saturated rings. The topological polar surface area (TPSA) is 126 Å². The maximum absolute atomic E-state index is 13.1. The van der Waals surface area contributed by atoms with Crippen LogP contribution in [0.5, 0.6) is 11.5 Å². The van der Waals surface area contributed by atoms with Crippen LogP contribution in [0, 0.1) is 0 Å². The SMILES string of the molecule is CC[C@@H]1CCCCN1c1nc2c(c(=O)[nH]1)[C@@H](C(=O)Nc1ccc3c(c1)OCCO3)CC(=O)N2. The molecule has 0 bridgehead atoms. The van der Waals surface area contributed by atoms with Gasteiger partial charge >= 0.3 is 0 Å². The first-order valence-electron chi connectivity index (χ1n) is 11.4. The highest BCUT2D eigenvalue weighted by molar-refractivity contribution is 6.04. The van der Waals surface area contributed by atoms with Crippen molar-refractivity contribution in [3.8, 4) is 11.5 Å². The zero-order chi connectivity index (χ0) is 22.9. The Kier molecular flexibility index (Phi) is 5.65. The van der Waals surface area contributed by atoms with Gasteiger partial charge in [-0.05, 0) is 37.8 Å². The van der Waals surface area contributed by atoms with E-state index in [0.29, 0.717) is 36.3 Å². The van der Waals surface area contributed by atoms with Crippen molar-refractivity contribution in [1.29, 1.82) is 0 Å². The van der Waals surface area contributed by atoms with Crippen LogP contribution in [-0.4, -0.2) is 47.6 Å². The largest absolute Gasteiger partial charge is 0.486 e. The molecule has 3 aliphatic heterocycles. The summed E-state index contributed by atoms with van der Waals surface area (Å²) in [4.78, 5) is 48.2. The summed E-state index contributed by atoms with van der Waals surface area (Å²) >= 11 is 0. The number of aromatic nitrogens is 2. The van der Waals surface area contributed by atoms with Crippen molar-refractivity contribution < 1.29 is 19.1 Å². The number of H-pyrrole nitrogens is 1. The van der Waals surface area contributed by atoms with Crippen molar-refractivity contribution in [2.75, 3.05) is 35.3 Å². The van der Waals surface area contributed by atoms with Gasteiger partial charge in [-0.3, -0.25) is 19.4 Å². The summed E-state index contributed by atoms with van der Waals surface area (Å²) in [6, 6.07) is 5.37. The van der Waals surface area contributed by atoms with Crippen LogP contribution in [-0.2, 0) is 9.59 Å². The Labute approximate surface area is 190 Å². The smallest absolute Gasteiger partial charge is 0.258 e. The molecule has 1 aromatic carbocycles. The van der Waals surface area contributed by atoms with E-state index in [9.17, 15) is 14.4 Å². The summed E-state index contributed by atoms with van der Waals surface area (Å²) in [5.74, 6) is 0.00327. The number of fused-ring (bicyclic) bond motifs is 2. The van der Waals surface area contributed by atoms with Gasteiger partial charge in [0.1, 0.15) is 19.0 Å². The first kappa shape index (κ1) is 21.3. The predicted molar refractivity (Wildman–Crippen MR) is 122 cm³/mol. The number of rotatable bonds is 4. The quantitative estimate of drug-likeness (QED) is 0.649. The molecule has 10 nitrogen and oxygen atoms in total. The number of anilines is 3. The lowest BCUT2D eigenvalue weighted by Gasteiger charge is -2.36. The Morgan fingerprint density at radius 3 is 2.85 bits per heavy atom. The molecule has 10 heteroatoms. The highest BCUT2D eigenvalue weighted by Crippen LogP contribution is 2.35. The van der Waals surface area contributed by atoms with Gasteiger partial charge in [0.2, 0.25) is 17.8 Å². The van der Waals surface area contributed by atoms with Crippen LogP contribution in [0.4, 0.5) is 17.5 Å². The Balaban J connectivity index is 1.43. The van der Waals surface area contributed by atoms with E-state index >= 15 is 0 Å². The number of hydrogen-bond acceptors (Lipinski definition) is 7. The minimum absolute atomic E-state index is 0.130. The Bertz CT molecular complexity index is 1150. The van der Waals surface area contributed by atoms with Crippen LogP contribution in [0.1, 0.15) is 50.5 Å². The highest BCUT2D eigenvalue weighted by Gasteiger charge is 2.36. The van der Waals surface area contributed by atoms with Crippen molar-refractivity contribution in [3.05, 3.63) is 34.1 Å². The fourth-order valence-electron chi connectivity index (χ4n) is 4.77. The van der Waals surface area contributed by atoms with Gasteiger partial charge in [0.15, 0.2) is 11.5 Å². The molecule has 0 aliphatic carbocycles. The Morgan fingerprint density at radius 2 is 2.03 bits per heavy atom. The minimum atomic E-state index is -0.949. The van der Waals surface area contributed by atoms with E-state index in [1.807, 2.05) is 0 Å². The summed E-state index contributed by atoms with van der Waals surface area (Å²) < 4.78 is 11.1. The molecule has 2 aromatic rings. The molecular formula is C23H27N5O5. The maximum atomic E-state index is 13.1. The molecule has 1 aromatic heterocycles. The number of ether oxygens (including phenoxy) is 2. The number of nitrogens with one attached hydrogen (secondary N) is 3. The van der Waals surface area contributed by atoms with Crippen molar-refractivity contribution in [3.63, 3.8) is 0 Å². The fraction of sp³-hybridized carbons (Fsp3) is 0.478. The normalized spacial score (nSPS) is 21.7. The molecule has 0 saturated carbocycles. The third kappa shape index (κ3) is 4.12. The summed E-state index contributed by atoms with van der Waals surface area (Å²) in [6.07, 6.45) is 4.00. The van der Waals surface area contributed by atoms with E-state index in [2.05, 4.69) is 32.4 Å². The third-order valence-electron chi connectivity index (χ3n) is 6.44. The Morgan fingerprint density at radius 1 is 1.21 bits per heavy atom. The van der Waals surface area contributed by atoms with Gasteiger partial charge in [-0.1, -0.05) is 6.92 Å². The number of aromatic amines is 1. The van der Waals surface area contributed by atoms with Crippen LogP contribution in [0.2, 0.25) is 0 Å². The van der Waals surface area contributed by atoms with Gasteiger partial charge in [-0.15, -0.1) is 0 Å². The van der Waals surface area contributed by atoms with Crippen molar-refractivity contribution >= 4 is 29.3 Å². The summed E-state index contributed by atoms with van der Waals surface area (Å²) in [5, 5.41) is 5.49. The zero-order valence-corrected chi connectivity index (χ0v) is 18.5. The lowest BCUT2D eigenvalue weighted by atomic mass is 9.92. The number of carbonyl (C=O) groups excluding carboxylic acids is 2. The summed E-state index contributed by atoms with van der Waals surface area (Å²) in [6.45, 7) is 3.81. The fourth-order valence-corrected chi connectivity index (χ4v) is 4.77. The standard InChI is InChI=1S/C23H27N5O5/c1-2-14-5-3-4-8-28(14)23-26-20-19(22(31)27-23)15(12-18(29)25-20)21(30)24-13-6-7-16-17(11-13)33-10-9-32-16/h6-7,11,14-15H,2-5,8-10,12H2,1H3,(H,24,30)(H2,25,26,27,29,31)/t14-,15+/m1/s1. The van der Waals surface area contributed by atoms with Gasteiger partial charge in [0, 0.05) is 30.8 Å². The van der Waals surface area contributed by atoms with Crippen molar-refractivity contribution in [2.45, 2.75) is 51.0 Å². The molecule has 33 heavy (non-hydrogen) atoms. The molecule has 2 atom stereocenters. The van der Waals surface area contributed by atoms with Gasteiger partial charge in [-0.25, -0.2) is 0 Å². The second kappa shape index (κ2) is 8.76. The molecule has 5 rings (SSSR count). The first-order valence-corrected chi connectivity index (χ1v) is 11.4. The minimum Gasteiger partial charge on any atom is -0.486 e. The average molecular weight is 453 g/mol. The number of hydrogen-bond donors (Lipinski definition) is 3. The Hall–Kier alpha value is -3.56. The van der Waals surface area contributed by atoms with Crippen LogP contribution in [0.3, 0.4) is 0 Å². The molecule has 0 unspecified atom stereocenters. The molecule has 0 radical (unpaired) electrons. The average Bonchev–Trinajstić information content (AvgIpc) is 2.83. The van der Waals surface area contributed by atoms with Gasteiger partial charge in [0.25, 0.3) is 5.56 Å². The van der Waals surface area contributed by atoms with Crippen LogP contribution in [0.15, 0.2) is 23.0 Å². The monoisotopic (exact) mass is 453 g/mol. The van der Waals surface area contributed by atoms with E-state index in [1.54, 1.807) is 18.2 Å².